The molecule has 2 N–H and O–H groups in total. The van der Waals surface area contributed by atoms with E-state index in [1.54, 1.807) is 6.07 Å². The summed E-state index contributed by atoms with van der Waals surface area (Å²) in [7, 11) is 0. The van der Waals surface area contributed by atoms with Crippen LogP contribution in [0.15, 0.2) is 59.9 Å². The summed E-state index contributed by atoms with van der Waals surface area (Å²) >= 11 is 6.11. The predicted molar refractivity (Wildman–Crippen MR) is 84.7 cm³/mol. The number of hydrogen-bond donors (Lipinski definition) is 2. The molecule has 0 radical (unpaired) electrons. The van der Waals surface area contributed by atoms with Crippen molar-refractivity contribution in [1.29, 1.82) is 10.5 Å². The van der Waals surface area contributed by atoms with Gasteiger partial charge in [0.1, 0.15) is 18.0 Å². The lowest BCUT2D eigenvalue weighted by atomic mass is 9.95. The van der Waals surface area contributed by atoms with Crippen LogP contribution in [0.1, 0.15) is 17.2 Å². The highest BCUT2D eigenvalue weighted by Gasteiger charge is 2.25. The van der Waals surface area contributed by atoms with E-state index in [-0.39, 0.29) is 11.6 Å². The number of nitrogens with zero attached hydrogens (tertiary/aromatic N) is 2. The third-order valence-electron chi connectivity index (χ3n) is 3.48. The second kappa shape index (κ2) is 5.81. The minimum Gasteiger partial charge on any atom is -0.359 e. The van der Waals surface area contributed by atoms with Gasteiger partial charge in [-0.2, -0.15) is 10.5 Å². The van der Waals surface area contributed by atoms with Crippen LogP contribution in [0.25, 0.3) is 0 Å². The van der Waals surface area contributed by atoms with Gasteiger partial charge in [0.15, 0.2) is 5.57 Å². The Labute approximate surface area is 133 Å². The third-order valence-corrected chi connectivity index (χ3v) is 3.71. The highest BCUT2D eigenvalue weighted by atomic mass is 35.5. The summed E-state index contributed by atoms with van der Waals surface area (Å²) in [5, 5.41) is 25.1. The Bertz CT molecular complexity index is 812. The van der Waals surface area contributed by atoms with Gasteiger partial charge >= 0.3 is 0 Å². The molecule has 5 heteroatoms. The molecule has 0 aromatic heterocycles. The third kappa shape index (κ3) is 2.48. The molecule has 22 heavy (non-hydrogen) atoms. The standard InChI is InChI=1S/C17H11ClN4/c18-13-6-7-15-14(8-13)16(11-4-2-1-3-5-11)22-17(21-15)12(9-19)10-20/h1-8,16,21-22H/t16-/m1/s1. The lowest BCUT2D eigenvalue weighted by Crippen LogP contribution is -2.32. The highest BCUT2D eigenvalue weighted by molar-refractivity contribution is 6.30. The van der Waals surface area contributed by atoms with E-state index in [4.69, 9.17) is 22.1 Å². The molecule has 4 nitrogen and oxygen atoms in total. The maximum Gasteiger partial charge on any atom is 0.169 e. The topological polar surface area (TPSA) is 71.6 Å². The van der Waals surface area contributed by atoms with E-state index < -0.39 is 0 Å². The lowest BCUT2D eigenvalue weighted by Gasteiger charge is -2.31. The minimum atomic E-state index is -0.178. The second-order valence-corrected chi connectivity index (χ2v) is 5.25. The van der Waals surface area contributed by atoms with Gasteiger partial charge in [-0.3, -0.25) is 0 Å². The van der Waals surface area contributed by atoms with Gasteiger partial charge in [-0.1, -0.05) is 41.9 Å². The minimum absolute atomic E-state index is 0.0153. The number of rotatable bonds is 1. The van der Waals surface area contributed by atoms with Crippen LogP contribution in [0, 0.1) is 22.7 Å². The first-order chi connectivity index (χ1) is 10.7. The maximum absolute atomic E-state index is 9.10. The zero-order valence-electron chi connectivity index (χ0n) is 11.5. The van der Waals surface area contributed by atoms with Gasteiger partial charge in [0.25, 0.3) is 0 Å². The SMILES string of the molecule is N#CC(C#N)=C1Nc2ccc(Cl)cc2[C@@H](c2ccccc2)N1. The fourth-order valence-corrected chi connectivity index (χ4v) is 2.64. The maximum atomic E-state index is 9.10. The number of benzene rings is 2. The van der Waals surface area contributed by atoms with Crippen LogP contribution in [-0.2, 0) is 0 Å². The molecule has 2 aromatic carbocycles. The van der Waals surface area contributed by atoms with Crippen molar-refractivity contribution >= 4 is 17.3 Å². The average Bonchev–Trinajstić information content (AvgIpc) is 2.56. The predicted octanol–water partition coefficient (Wildman–Crippen LogP) is 3.70. The van der Waals surface area contributed by atoms with Crippen molar-refractivity contribution in [1.82, 2.24) is 5.32 Å². The van der Waals surface area contributed by atoms with Gasteiger partial charge in [0.05, 0.1) is 6.04 Å². The van der Waals surface area contributed by atoms with Gasteiger partial charge in [-0.15, -0.1) is 0 Å². The molecule has 3 rings (SSSR count). The van der Waals surface area contributed by atoms with Gasteiger partial charge in [0.2, 0.25) is 0 Å². The molecular formula is C17H11ClN4. The Morgan fingerprint density at radius 3 is 2.45 bits per heavy atom. The molecule has 1 aliphatic rings. The van der Waals surface area contributed by atoms with Crippen molar-refractivity contribution in [2.75, 3.05) is 5.32 Å². The number of anilines is 1. The zero-order chi connectivity index (χ0) is 15.5. The number of nitrogens with one attached hydrogen (secondary N) is 2. The number of halogens is 1. The molecule has 0 fully saturated rings. The molecule has 106 valence electrons. The Morgan fingerprint density at radius 1 is 1.05 bits per heavy atom. The van der Waals surface area contributed by atoms with Crippen molar-refractivity contribution < 1.29 is 0 Å². The Kier molecular flexibility index (Phi) is 3.70. The summed E-state index contributed by atoms with van der Waals surface area (Å²) in [4.78, 5) is 0. The average molecular weight is 307 g/mol. The fourth-order valence-electron chi connectivity index (χ4n) is 2.46. The Hall–Kier alpha value is -2.95. The zero-order valence-corrected chi connectivity index (χ0v) is 12.2. The summed E-state index contributed by atoms with van der Waals surface area (Å²) in [6.07, 6.45) is 0. The monoisotopic (exact) mass is 306 g/mol. The molecule has 1 heterocycles. The molecule has 0 aliphatic carbocycles. The summed E-state index contributed by atoms with van der Waals surface area (Å²) in [5.41, 5.74) is 2.84. The normalized spacial score (nSPS) is 15.6. The van der Waals surface area contributed by atoms with Gasteiger partial charge in [0, 0.05) is 16.3 Å². The fraction of sp³-hybridized carbons (Fsp3) is 0.0588. The van der Waals surface area contributed by atoms with E-state index in [1.165, 1.54) is 0 Å². The van der Waals surface area contributed by atoms with Gasteiger partial charge < -0.3 is 10.6 Å². The number of allylic oxidation sites excluding steroid dienone is 1. The van der Waals surface area contributed by atoms with E-state index in [2.05, 4.69) is 10.6 Å². The van der Waals surface area contributed by atoms with Crippen molar-refractivity contribution in [2.24, 2.45) is 0 Å². The van der Waals surface area contributed by atoms with Gasteiger partial charge in [-0.05, 0) is 23.8 Å². The summed E-state index contributed by atoms with van der Waals surface area (Å²) < 4.78 is 0. The number of fused-ring (bicyclic) bond motifs is 1. The summed E-state index contributed by atoms with van der Waals surface area (Å²) in [6, 6.07) is 18.9. The highest BCUT2D eigenvalue weighted by Crippen LogP contribution is 2.35. The van der Waals surface area contributed by atoms with Crippen LogP contribution >= 0.6 is 11.6 Å². The molecule has 1 atom stereocenters. The van der Waals surface area contributed by atoms with Crippen LogP contribution in [0.4, 0.5) is 5.69 Å². The van der Waals surface area contributed by atoms with Crippen LogP contribution in [0.3, 0.4) is 0 Å². The molecule has 0 bridgehead atoms. The number of nitriles is 2. The molecular weight excluding hydrogens is 296 g/mol. The van der Waals surface area contributed by atoms with Crippen LogP contribution in [0.5, 0.6) is 0 Å². The molecule has 2 aromatic rings. The molecule has 0 amide bonds. The van der Waals surface area contributed by atoms with Crippen molar-refractivity contribution in [2.45, 2.75) is 6.04 Å². The van der Waals surface area contributed by atoms with E-state index >= 15 is 0 Å². The van der Waals surface area contributed by atoms with Gasteiger partial charge in [-0.25, -0.2) is 0 Å². The van der Waals surface area contributed by atoms with Crippen molar-refractivity contribution in [3.63, 3.8) is 0 Å². The first-order valence-corrected chi connectivity index (χ1v) is 7.03. The molecule has 0 spiro atoms. The number of hydrogen-bond acceptors (Lipinski definition) is 4. The molecule has 0 saturated carbocycles. The van der Waals surface area contributed by atoms with Crippen molar-refractivity contribution in [3.05, 3.63) is 76.1 Å². The van der Waals surface area contributed by atoms with Crippen LogP contribution < -0.4 is 10.6 Å². The second-order valence-electron chi connectivity index (χ2n) is 4.82. The molecule has 0 unspecified atom stereocenters. The van der Waals surface area contributed by atoms with E-state index in [0.29, 0.717) is 10.8 Å². The van der Waals surface area contributed by atoms with Crippen LogP contribution in [0.2, 0.25) is 5.02 Å². The summed E-state index contributed by atoms with van der Waals surface area (Å²) in [6.45, 7) is 0. The van der Waals surface area contributed by atoms with E-state index in [1.807, 2.05) is 54.6 Å². The largest absolute Gasteiger partial charge is 0.359 e. The first-order valence-electron chi connectivity index (χ1n) is 6.65. The Morgan fingerprint density at radius 2 is 1.77 bits per heavy atom. The smallest absolute Gasteiger partial charge is 0.169 e. The molecule has 0 saturated heterocycles. The molecule has 1 aliphatic heterocycles. The van der Waals surface area contributed by atoms with E-state index in [9.17, 15) is 0 Å². The quantitative estimate of drug-likeness (QED) is 0.788. The lowest BCUT2D eigenvalue weighted by molar-refractivity contribution is 0.675. The summed E-state index contributed by atoms with van der Waals surface area (Å²) in [5.74, 6) is 0.411. The van der Waals surface area contributed by atoms with Crippen molar-refractivity contribution in [3.8, 4) is 12.1 Å². The Balaban J connectivity index is 2.17. The van der Waals surface area contributed by atoms with Crippen LogP contribution in [-0.4, -0.2) is 0 Å². The first kappa shape index (κ1) is 14.0. The van der Waals surface area contributed by atoms with E-state index in [0.717, 1.165) is 16.8 Å².